The third-order valence-electron chi connectivity index (χ3n) is 5.47. The molecule has 1 aromatic carbocycles. The number of aryl methyl sites for hydroxylation is 1. The smallest absolute Gasteiger partial charge is 0.315 e. The molecular weight excluding hydrogens is 288 g/mol. The van der Waals surface area contributed by atoms with Crippen LogP contribution in [0.3, 0.4) is 0 Å². The van der Waals surface area contributed by atoms with Crippen LogP contribution in [0.1, 0.15) is 44.1 Å². The van der Waals surface area contributed by atoms with Crippen molar-refractivity contribution < 1.29 is 9.53 Å². The Balaban J connectivity index is 1.39. The first kappa shape index (κ1) is 16.3. The highest BCUT2D eigenvalue weighted by Crippen LogP contribution is 2.45. The average molecular weight is 316 g/mol. The van der Waals surface area contributed by atoms with Gasteiger partial charge in [0.1, 0.15) is 0 Å². The molecule has 3 rings (SSSR count). The van der Waals surface area contributed by atoms with Crippen LogP contribution in [0.4, 0.5) is 4.79 Å². The first-order chi connectivity index (χ1) is 11.3. The SMILES string of the molecule is O=C(NCCCc1ccccc1)N[C@@H]1CCCC12CCOCC2. The van der Waals surface area contributed by atoms with Gasteiger partial charge in [0.2, 0.25) is 0 Å². The molecule has 1 spiro atoms. The van der Waals surface area contributed by atoms with Crippen LogP contribution in [-0.4, -0.2) is 31.8 Å². The molecule has 1 atom stereocenters. The molecule has 4 heteroatoms. The molecule has 23 heavy (non-hydrogen) atoms. The summed E-state index contributed by atoms with van der Waals surface area (Å²) in [6.45, 7) is 2.41. The van der Waals surface area contributed by atoms with Gasteiger partial charge in [0.25, 0.3) is 0 Å². The molecule has 1 aliphatic carbocycles. The highest BCUT2D eigenvalue weighted by Gasteiger charge is 2.44. The first-order valence-corrected chi connectivity index (χ1v) is 8.95. The van der Waals surface area contributed by atoms with Crippen molar-refractivity contribution in [3.05, 3.63) is 35.9 Å². The minimum atomic E-state index is -0.00386. The third kappa shape index (κ3) is 4.25. The van der Waals surface area contributed by atoms with Gasteiger partial charge in [0.05, 0.1) is 0 Å². The minimum Gasteiger partial charge on any atom is -0.381 e. The van der Waals surface area contributed by atoms with Gasteiger partial charge in [-0.25, -0.2) is 4.79 Å². The van der Waals surface area contributed by atoms with E-state index < -0.39 is 0 Å². The molecule has 4 nitrogen and oxygen atoms in total. The summed E-state index contributed by atoms with van der Waals surface area (Å²) < 4.78 is 5.50. The summed E-state index contributed by atoms with van der Waals surface area (Å²) in [6.07, 6.45) is 7.72. The van der Waals surface area contributed by atoms with E-state index in [4.69, 9.17) is 4.74 Å². The van der Waals surface area contributed by atoms with Crippen molar-refractivity contribution in [2.45, 2.75) is 51.0 Å². The van der Waals surface area contributed by atoms with Crippen LogP contribution in [0.25, 0.3) is 0 Å². The number of hydrogen-bond acceptors (Lipinski definition) is 2. The number of hydrogen-bond donors (Lipinski definition) is 2. The predicted molar refractivity (Wildman–Crippen MR) is 91.4 cm³/mol. The van der Waals surface area contributed by atoms with E-state index in [0.29, 0.717) is 11.5 Å². The second kappa shape index (κ2) is 7.82. The summed E-state index contributed by atoms with van der Waals surface area (Å²) >= 11 is 0. The minimum absolute atomic E-state index is 0.00386. The van der Waals surface area contributed by atoms with Crippen molar-refractivity contribution in [3.8, 4) is 0 Å². The Labute approximate surface area is 139 Å². The van der Waals surface area contributed by atoms with Crippen LogP contribution in [0, 0.1) is 5.41 Å². The van der Waals surface area contributed by atoms with Crippen molar-refractivity contribution >= 4 is 6.03 Å². The zero-order valence-corrected chi connectivity index (χ0v) is 13.9. The van der Waals surface area contributed by atoms with E-state index in [2.05, 4.69) is 34.9 Å². The number of carbonyl (C=O) groups excluding carboxylic acids is 1. The molecule has 0 radical (unpaired) electrons. The molecular formula is C19H28N2O2. The quantitative estimate of drug-likeness (QED) is 0.819. The Kier molecular flexibility index (Phi) is 5.55. The Bertz CT molecular complexity index is 497. The Morgan fingerprint density at radius 1 is 1.17 bits per heavy atom. The summed E-state index contributed by atoms with van der Waals surface area (Å²) in [4.78, 5) is 12.2. The molecule has 0 aromatic heterocycles. The summed E-state index contributed by atoms with van der Waals surface area (Å²) in [5, 5.41) is 6.25. The number of benzene rings is 1. The number of amides is 2. The van der Waals surface area contributed by atoms with Crippen molar-refractivity contribution in [2.75, 3.05) is 19.8 Å². The van der Waals surface area contributed by atoms with E-state index in [9.17, 15) is 4.79 Å². The highest BCUT2D eigenvalue weighted by atomic mass is 16.5. The Hall–Kier alpha value is -1.55. The first-order valence-electron chi connectivity index (χ1n) is 8.95. The molecule has 2 fully saturated rings. The van der Waals surface area contributed by atoms with Crippen molar-refractivity contribution in [2.24, 2.45) is 5.41 Å². The lowest BCUT2D eigenvalue weighted by molar-refractivity contribution is 0.00624. The van der Waals surface area contributed by atoms with E-state index in [0.717, 1.165) is 51.9 Å². The van der Waals surface area contributed by atoms with Gasteiger partial charge in [-0.05, 0) is 49.5 Å². The maximum Gasteiger partial charge on any atom is 0.315 e. The zero-order chi connectivity index (χ0) is 16.0. The highest BCUT2D eigenvalue weighted by molar-refractivity contribution is 5.74. The number of rotatable bonds is 5. The van der Waals surface area contributed by atoms with Crippen LogP contribution >= 0.6 is 0 Å². The summed E-state index contributed by atoms with van der Waals surface area (Å²) in [5.41, 5.74) is 1.62. The molecule has 2 aliphatic rings. The summed E-state index contributed by atoms with van der Waals surface area (Å²) in [5.74, 6) is 0. The maximum atomic E-state index is 12.2. The maximum absolute atomic E-state index is 12.2. The van der Waals surface area contributed by atoms with E-state index in [-0.39, 0.29) is 6.03 Å². The molecule has 2 N–H and O–H groups in total. The van der Waals surface area contributed by atoms with Crippen LogP contribution in [-0.2, 0) is 11.2 Å². The van der Waals surface area contributed by atoms with Gasteiger partial charge >= 0.3 is 6.03 Å². The van der Waals surface area contributed by atoms with Crippen molar-refractivity contribution in [1.29, 1.82) is 0 Å². The second-order valence-corrected chi connectivity index (χ2v) is 6.91. The van der Waals surface area contributed by atoms with Gasteiger partial charge < -0.3 is 15.4 Å². The van der Waals surface area contributed by atoms with E-state index in [1.54, 1.807) is 0 Å². The number of urea groups is 1. The van der Waals surface area contributed by atoms with Crippen LogP contribution in [0.5, 0.6) is 0 Å². The molecule has 2 amide bonds. The van der Waals surface area contributed by atoms with Crippen LogP contribution in [0.2, 0.25) is 0 Å². The van der Waals surface area contributed by atoms with Gasteiger partial charge in [-0.15, -0.1) is 0 Å². The van der Waals surface area contributed by atoms with Gasteiger partial charge in [0, 0.05) is 25.8 Å². The van der Waals surface area contributed by atoms with Gasteiger partial charge in [-0.2, -0.15) is 0 Å². The van der Waals surface area contributed by atoms with Gasteiger partial charge in [-0.1, -0.05) is 36.8 Å². The molecule has 1 saturated carbocycles. The molecule has 0 bridgehead atoms. The molecule has 1 aromatic rings. The third-order valence-corrected chi connectivity index (χ3v) is 5.47. The normalized spacial score (nSPS) is 22.9. The lowest BCUT2D eigenvalue weighted by Crippen LogP contribution is -2.50. The van der Waals surface area contributed by atoms with Crippen molar-refractivity contribution in [1.82, 2.24) is 10.6 Å². The van der Waals surface area contributed by atoms with Crippen LogP contribution < -0.4 is 10.6 Å². The number of nitrogens with one attached hydrogen (secondary N) is 2. The monoisotopic (exact) mass is 316 g/mol. The molecule has 1 aliphatic heterocycles. The number of ether oxygens (including phenoxy) is 1. The second-order valence-electron chi connectivity index (χ2n) is 6.91. The van der Waals surface area contributed by atoms with Gasteiger partial charge in [0.15, 0.2) is 0 Å². The van der Waals surface area contributed by atoms with E-state index in [1.165, 1.54) is 18.4 Å². The predicted octanol–water partition coefficient (Wildman–Crippen LogP) is 3.27. The summed E-state index contributed by atoms with van der Waals surface area (Å²) in [7, 11) is 0. The fraction of sp³-hybridized carbons (Fsp3) is 0.632. The average Bonchev–Trinajstić information content (AvgIpc) is 2.95. The van der Waals surface area contributed by atoms with Crippen molar-refractivity contribution in [3.63, 3.8) is 0 Å². The fourth-order valence-electron chi connectivity index (χ4n) is 4.09. The Morgan fingerprint density at radius 3 is 2.74 bits per heavy atom. The standard InChI is InChI=1S/C19H28N2O2/c22-18(20-13-5-8-16-6-2-1-3-7-16)21-17-9-4-10-19(17)11-14-23-15-12-19/h1-3,6-7,17H,4-5,8-15H2,(H2,20,21,22)/t17-/m1/s1. The van der Waals surface area contributed by atoms with E-state index in [1.807, 2.05) is 6.07 Å². The molecule has 126 valence electrons. The van der Waals surface area contributed by atoms with Gasteiger partial charge in [-0.3, -0.25) is 0 Å². The number of carbonyl (C=O) groups is 1. The fourth-order valence-corrected chi connectivity index (χ4v) is 4.09. The summed E-state index contributed by atoms with van der Waals surface area (Å²) in [6, 6.07) is 10.7. The molecule has 0 unspecified atom stereocenters. The lowest BCUT2D eigenvalue weighted by atomic mass is 9.75. The topological polar surface area (TPSA) is 50.4 Å². The molecule has 1 heterocycles. The molecule has 1 saturated heterocycles. The largest absolute Gasteiger partial charge is 0.381 e. The van der Waals surface area contributed by atoms with Crippen LogP contribution in [0.15, 0.2) is 30.3 Å². The Morgan fingerprint density at radius 2 is 1.96 bits per heavy atom. The van der Waals surface area contributed by atoms with E-state index >= 15 is 0 Å². The zero-order valence-electron chi connectivity index (χ0n) is 13.9. The lowest BCUT2D eigenvalue weighted by Gasteiger charge is -2.39.